The van der Waals surface area contributed by atoms with Gasteiger partial charge in [0.1, 0.15) is 5.76 Å². The van der Waals surface area contributed by atoms with Crippen molar-refractivity contribution in [3.63, 3.8) is 0 Å². The summed E-state index contributed by atoms with van der Waals surface area (Å²) in [6, 6.07) is 4.38. The first-order valence-corrected chi connectivity index (χ1v) is 8.52. The summed E-state index contributed by atoms with van der Waals surface area (Å²) in [5.41, 5.74) is 1.98. The third kappa shape index (κ3) is 3.82. The molecule has 3 heterocycles. The molecule has 2 amide bonds. The lowest BCUT2D eigenvalue weighted by atomic mass is 9.94. The zero-order valence-corrected chi connectivity index (χ0v) is 15.2. The minimum atomic E-state index is -0.208. The zero-order valence-electron chi connectivity index (χ0n) is 15.2. The summed E-state index contributed by atoms with van der Waals surface area (Å²) in [5.74, 6) is 1.07. The lowest BCUT2D eigenvalue weighted by molar-refractivity contribution is 0.200. The number of amides is 2. The predicted octanol–water partition coefficient (Wildman–Crippen LogP) is 2.84. The van der Waals surface area contributed by atoms with E-state index in [1.165, 1.54) is 5.56 Å². The van der Waals surface area contributed by atoms with E-state index in [0.29, 0.717) is 18.2 Å². The highest BCUT2D eigenvalue weighted by Crippen LogP contribution is 2.36. The lowest BCUT2D eigenvalue weighted by Gasteiger charge is -2.28. The van der Waals surface area contributed by atoms with Gasteiger partial charge >= 0.3 is 12.0 Å². The molecule has 3 rings (SSSR count). The molecule has 134 valence electrons. The molecule has 0 aromatic carbocycles. The molecular formula is C18H25N5O2. The van der Waals surface area contributed by atoms with Gasteiger partial charge in [-0.2, -0.15) is 4.98 Å². The maximum atomic E-state index is 12.4. The zero-order chi connectivity index (χ0) is 18.0. The molecule has 0 unspecified atom stereocenters. The van der Waals surface area contributed by atoms with Crippen molar-refractivity contribution in [3.8, 4) is 0 Å². The number of aromatic nitrogens is 2. The van der Waals surface area contributed by atoms with E-state index in [1.807, 2.05) is 26.1 Å². The van der Waals surface area contributed by atoms with Gasteiger partial charge in [-0.15, -0.1) is 0 Å². The number of rotatable bonds is 4. The van der Waals surface area contributed by atoms with E-state index in [0.717, 1.165) is 18.7 Å². The van der Waals surface area contributed by atoms with Crippen LogP contribution in [0, 0.1) is 19.8 Å². The molecule has 2 atom stereocenters. The minimum Gasteiger partial charge on any atom is -0.428 e. The van der Waals surface area contributed by atoms with Gasteiger partial charge in [-0.05, 0) is 51.4 Å². The van der Waals surface area contributed by atoms with Crippen molar-refractivity contribution in [3.05, 3.63) is 41.5 Å². The fourth-order valence-electron chi connectivity index (χ4n) is 3.44. The second-order valence-corrected chi connectivity index (χ2v) is 6.73. The van der Waals surface area contributed by atoms with Crippen molar-refractivity contribution in [1.29, 1.82) is 0 Å². The van der Waals surface area contributed by atoms with Crippen LogP contribution < -0.4 is 5.32 Å². The molecule has 25 heavy (non-hydrogen) atoms. The van der Waals surface area contributed by atoms with Gasteiger partial charge in [-0.3, -0.25) is 15.2 Å². The summed E-state index contributed by atoms with van der Waals surface area (Å²) in [7, 11) is 3.92. The summed E-state index contributed by atoms with van der Waals surface area (Å²) in [6.45, 7) is 5.35. The summed E-state index contributed by atoms with van der Waals surface area (Å²) in [6.07, 6.45) is 4.75. The predicted molar refractivity (Wildman–Crippen MR) is 95.3 cm³/mol. The number of aryl methyl sites for hydroxylation is 2. The monoisotopic (exact) mass is 343 g/mol. The van der Waals surface area contributed by atoms with E-state index in [1.54, 1.807) is 18.1 Å². The Kier molecular flexibility index (Phi) is 5.03. The number of hydrogen-bond acceptors (Lipinski definition) is 5. The summed E-state index contributed by atoms with van der Waals surface area (Å²) in [4.78, 5) is 24.9. The smallest absolute Gasteiger partial charge is 0.325 e. The van der Waals surface area contributed by atoms with Crippen LogP contribution in [0.2, 0.25) is 0 Å². The molecule has 2 aromatic rings. The lowest BCUT2D eigenvalue weighted by Crippen LogP contribution is -2.37. The number of likely N-dealkylation sites (tertiary alicyclic amines) is 1. The Bertz CT molecular complexity index is 711. The number of nitrogens with zero attached hydrogens (tertiary/aromatic N) is 4. The fraction of sp³-hybridized carbons (Fsp3) is 0.500. The normalized spacial score (nSPS) is 20.6. The van der Waals surface area contributed by atoms with Gasteiger partial charge in [0.05, 0.1) is 5.69 Å². The van der Waals surface area contributed by atoms with Crippen molar-refractivity contribution in [2.75, 3.05) is 32.5 Å². The molecule has 0 aliphatic carbocycles. The van der Waals surface area contributed by atoms with Crippen molar-refractivity contribution in [2.45, 2.75) is 26.3 Å². The molecule has 1 fully saturated rings. The fourth-order valence-corrected chi connectivity index (χ4v) is 3.44. The van der Waals surface area contributed by atoms with Crippen LogP contribution in [0.15, 0.2) is 28.9 Å². The Balaban J connectivity index is 1.65. The molecule has 2 aromatic heterocycles. The molecule has 0 spiro atoms. The molecule has 0 bridgehead atoms. The molecule has 1 aliphatic rings. The van der Waals surface area contributed by atoms with E-state index in [-0.39, 0.29) is 18.1 Å². The van der Waals surface area contributed by atoms with E-state index < -0.39 is 0 Å². The Labute approximate surface area is 148 Å². The molecule has 1 saturated heterocycles. The standard InChI is InChI=1S/C18H25N5O2/c1-12-13(2)25-17(20-12)21-18(24)23(4)11-15-7-9-22(3)16(15)14-6-5-8-19-10-14/h5-6,8,10,15-16H,7,9,11H2,1-4H3,(H,20,21,24)/t15-,16-/m0/s1. The van der Waals surface area contributed by atoms with Crippen LogP contribution in [0.25, 0.3) is 0 Å². The minimum absolute atomic E-state index is 0.208. The second-order valence-electron chi connectivity index (χ2n) is 6.73. The SMILES string of the molecule is Cc1nc(NC(=O)N(C)C[C@@H]2CCN(C)[C@H]2c2cccnc2)oc1C. The van der Waals surface area contributed by atoms with Crippen LogP contribution >= 0.6 is 0 Å². The molecular weight excluding hydrogens is 318 g/mol. The van der Waals surface area contributed by atoms with Crippen LogP contribution in [0.3, 0.4) is 0 Å². The Morgan fingerprint density at radius 1 is 1.48 bits per heavy atom. The molecule has 0 radical (unpaired) electrons. The van der Waals surface area contributed by atoms with Gasteiger partial charge in [0.25, 0.3) is 0 Å². The first kappa shape index (κ1) is 17.4. The Morgan fingerprint density at radius 2 is 2.28 bits per heavy atom. The summed E-state index contributed by atoms with van der Waals surface area (Å²) < 4.78 is 5.43. The number of urea groups is 1. The first-order valence-electron chi connectivity index (χ1n) is 8.52. The average molecular weight is 343 g/mol. The van der Waals surface area contributed by atoms with Gasteiger partial charge in [-0.1, -0.05) is 6.07 Å². The molecule has 7 heteroatoms. The number of carbonyl (C=O) groups is 1. The largest absolute Gasteiger partial charge is 0.428 e. The summed E-state index contributed by atoms with van der Waals surface area (Å²) in [5, 5.41) is 2.73. The number of carbonyl (C=O) groups excluding carboxylic acids is 1. The van der Waals surface area contributed by atoms with Crippen LogP contribution in [0.4, 0.5) is 10.8 Å². The van der Waals surface area contributed by atoms with Crippen molar-refractivity contribution < 1.29 is 9.21 Å². The molecule has 1 N–H and O–H groups in total. The molecule has 1 aliphatic heterocycles. The van der Waals surface area contributed by atoms with Crippen molar-refractivity contribution in [1.82, 2.24) is 19.8 Å². The van der Waals surface area contributed by atoms with Gasteiger partial charge in [-0.25, -0.2) is 4.79 Å². The first-order chi connectivity index (χ1) is 12.0. The maximum absolute atomic E-state index is 12.4. The van der Waals surface area contributed by atoms with Gasteiger partial charge in [0.2, 0.25) is 0 Å². The van der Waals surface area contributed by atoms with Gasteiger partial charge in [0.15, 0.2) is 0 Å². The van der Waals surface area contributed by atoms with Crippen LogP contribution in [-0.2, 0) is 0 Å². The summed E-state index contributed by atoms with van der Waals surface area (Å²) >= 11 is 0. The number of anilines is 1. The number of pyridine rings is 1. The third-order valence-electron chi connectivity index (χ3n) is 4.90. The van der Waals surface area contributed by atoms with Crippen LogP contribution in [0.1, 0.15) is 29.5 Å². The van der Waals surface area contributed by atoms with E-state index >= 15 is 0 Å². The Hall–Kier alpha value is -2.41. The number of oxazole rings is 1. The second kappa shape index (κ2) is 7.23. The number of hydrogen-bond donors (Lipinski definition) is 1. The van der Waals surface area contributed by atoms with Gasteiger partial charge in [0, 0.05) is 32.0 Å². The van der Waals surface area contributed by atoms with Crippen molar-refractivity contribution >= 4 is 12.0 Å². The average Bonchev–Trinajstić information content (AvgIpc) is 3.10. The van der Waals surface area contributed by atoms with E-state index in [9.17, 15) is 4.79 Å². The Morgan fingerprint density at radius 3 is 2.92 bits per heavy atom. The van der Waals surface area contributed by atoms with Crippen LogP contribution in [0.5, 0.6) is 0 Å². The maximum Gasteiger partial charge on any atom is 0.325 e. The molecule has 7 nitrogen and oxygen atoms in total. The van der Waals surface area contributed by atoms with Crippen LogP contribution in [-0.4, -0.2) is 53.0 Å². The van der Waals surface area contributed by atoms with E-state index in [4.69, 9.17) is 4.42 Å². The molecule has 0 saturated carbocycles. The topological polar surface area (TPSA) is 74.5 Å². The highest BCUT2D eigenvalue weighted by Gasteiger charge is 2.34. The number of nitrogens with one attached hydrogen (secondary N) is 1. The van der Waals surface area contributed by atoms with Crippen molar-refractivity contribution in [2.24, 2.45) is 5.92 Å². The third-order valence-corrected chi connectivity index (χ3v) is 4.90. The quantitative estimate of drug-likeness (QED) is 0.924. The van der Waals surface area contributed by atoms with E-state index in [2.05, 4.69) is 33.3 Å². The van der Waals surface area contributed by atoms with Gasteiger partial charge < -0.3 is 9.32 Å². The highest BCUT2D eigenvalue weighted by atomic mass is 16.4. The highest BCUT2D eigenvalue weighted by molar-refractivity contribution is 5.86.